The Morgan fingerprint density at radius 1 is 1.12 bits per heavy atom. The Morgan fingerprint density at radius 3 is 2.23 bits per heavy atom. The van der Waals surface area contributed by atoms with E-state index >= 15 is 0 Å². The van der Waals surface area contributed by atoms with Gasteiger partial charge < -0.3 is 22.1 Å². The van der Waals surface area contributed by atoms with Crippen molar-refractivity contribution in [2.75, 3.05) is 22.5 Å². The highest BCUT2D eigenvalue weighted by atomic mass is 35.5. The van der Waals surface area contributed by atoms with E-state index < -0.39 is 36.9 Å². The van der Waals surface area contributed by atoms with Crippen LogP contribution in [0, 0.1) is 0 Å². The lowest BCUT2D eigenvalue weighted by molar-refractivity contribution is 0.252. The number of rotatable bonds is 8. The molecule has 220 valence electrons. The van der Waals surface area contributed by atoms with Crippen LogP contribution in [0.25, 0.3) is 0 Å². The summed E-state index contributed by atoms with van der Waals surface area (Å²) in [5, 5.41) is 5.78. The SMILES string of the molecule is CC1(C)N=C(N)N=C(N)N1c1ccc(CCCNC(=O)Nc2ccc(S(=O)(=O)F)cc2)c(Cl)c1.CCS(=O)(=O)O. The van der Waals surface area contributed by atoms with E-state index in [2.05, 4.69) is 20.6 Å². The highest BCUT2D eigenvalue weighted by Gasteiger charge is 2.33. The molecular formula is C23H31ClFN7O6S2. The van der Waals surface area contributed by atoms with Gasteiger partial charge in [0.15, 0.2) is 0 Å². The van der Waals surface area contributed by atoms with Crippen LogP contribution in [-0.2, 0) is 26.8 Å². The van der Waals surface area contributed by atoms with Crippen LogP contribution in [0.5, 0.6) is 0 Å². The number of aliphatic imine (C=N–C) groups is 2. The second-order valence-corrected chi connectivity index (χ2v) is 12.4. The molecule has 2 aromatic rings. The van der Waals surface area contributed by atoms with E-state index in [1.165, 1.54) is 19.1 Å². The van der Waals surface area contributed by atoms with Crippen molar-refractivity contribution in [2.45, 2.75) is 44.2 Å². The molecule has 0 bridgehead atoms. The Balaban J connectivity index is 0.000000840. The number of guanidine groups is 2. The first kappa shape index (κ1) is 32.7. The average Bonchev–Trinajstić information content (AvgIpc) is 2.81. The molecule has 3 rings (SSSR count). The number of aryl methyl sites for hydroxylation is 1. The smallest absolute Gasteiger partial charge is 0.332 e. The van der Waals surface area contributed by atoms with Gasteiger partial charge in [0.05, 0.1) is 10.6 Å². The summed E-state index contributed by atoms with van der Waals surface area (Å²) in [6, 6.07) is 9.79. The van der Waals surface area contributed by atoms with Gasteiger partial charge in [-0.2, -0.15) is 21.8 Å². The lowest BCUT2D eigenvalue weighted by atomic mass is 10.1. The second kappa shape index (κ2) is 13.3. The van der Waals surface area contributed by atoms with Crippen LogP contribution < -0.4 is 27.0 Å². The van der Waals surface area contributed by atoms with Crippen molar-refractivity contribution in [1.82, 2.24) is 5.32 Å². The summed E-state index contributed by atoms with van der Waals surface area (Å²) in [6.45, 7) is 5.46. The van der Waals surface area contributed by atoms with Crippen molar-refractivity contribution in [1.29, 1.82) is 0 Å². The zero-order valence-electron chi connectivity index (χ0n) is 21.9. The molecule has 40 heavy (non-hydrogen) atoms. The number of halogens is 2. The normalized spacial score (nSPS) is 14.8. The Morgan fingerprint density at radius 2 is 1.73 bits per heavy atom. The molecule has 7 N–H and O–H groups in total. The molecule has 0 unspecified atom stereocenters. The van der Waals surface area contributed by atoms with Gasteiger partial charge in [-0.3, -0.25) is 9.45 Å². The summed E-state index contributed by atoms with van der Waals surface area (Å²) in [7, 11) is -8.44. The van der Waals surface area contributed by atoms with E-state index in [4.69, 9.17) is 27.6 Å². The summed E-state index contributed by atoms with van der Waals surface area (Å²) < 4.78 is 61.5. The Hall–Kier alpha value is -3.47. The molecule has 0 fully saturated rings. The standard InChI is InChI=1S/C21H25ClFN7O3S.C2H6O3S/c1-21(2)29-18(24)28-19(25)30(21)15-8-5-13(17(22)12-15)4-3-11-26-20(31)27-14-6-9-16(10-7-14)34(23,32)33;1-2-6(3,4)5/h5-10,12H,3-4,11H2,1-2H3,(H2,26,27,31)(H4,24,25,28,29);2H2,1H3,(H,3,4,5). The first-order chi connectivity index (χ1) is 18.4. The fourth-order valence-corrected chi connectivity index (χ4v) is 4.22. The predicted octanol–water partition coefficient (Wildman–Crippen LogP) is 2.83. The van der Waals surface area contributed by atoms with E-state index in [9.17, 15) is 25.5 Å². The predicted molar refractivity (Wildman–Crippen MR) is 153 cm³/mol. The van der Waals surface area contributed by atoms with E-state index in [0.717, 1.165) is 23.4 Å². The molecular weight excluding hydrogens is 589 g/mol. The third kappa shape index (κ3) is 9.93. The zero-order valence-corrected chi connectivity index (χ0v) is 24.3. The minimum atomic E-state index is -4.78. The molecule has 0 aromatic heterocycles. The first-order valence-electron chi connectivity index (χ1n) is 11.8. The van der Waals surface area contributed by atoms with Gasteiger partial charge in [0.2, 0.25) is 11.9 Å². The molecule has 17 heteroatoms. The highest BCUT2D eigenvalue weighted by Crippen LogP contribution is 2.31. The molecule has 0 saturated carbocycles. The lowest BCUT2D eigenvalue weighted by Gasteiger charge is -2.38. The molecule has 0 saturated heterocycles. The molecule has 0 spiro atoms. The number of benzene rings is 2. The van der Waals surface area contributed by atoms with Crippen LogP contribution in [-0.4, -0.2) is 57.3 Å². The van der Waals surface area contributed by atoms with Crippen LogP contribution in [0.4, 0.5) is 20.1 Å². The third-order valence-corrected chi connectivity index (χ3v) is 7.27. The summed E-state index contributed by atoms with van der Waals surface area (Å²) in [5.74, 6) is 0.132. The van der Waals surface area contributed by atoms with E-state index in [1.54, 1.807) is 11.0 Å². The maximum Gasteiger partial charge on any atom is 0.332 e. The molecule has 2 aromatic carbocycles. The van der Waals surface area contributed by atoms with Crippen molar-refractivity contribution in [2.24, 2.45) is 21.5 Å². The van der Waals surface area contributed by atoms with Gasteiger partial charge in [0, 0.05) is 22.9 Å². The molecule has 13 nitrogen and oxygen atoms in total. The molecule has 0 atom stereocenters. The van der Waals surface area contributed by atoms with Crippen molar-refractivity contribution in [3.63, 3.8) is 0 Å². The third-order valence-electron chi connectivity index (χ3n) is 5.36. The Kier molecular flexibility index (Phi) is 10.9. The summed E-state index contributed by atoms with van der Waals surface area (Å²) in [4.78, 5) is 21.6. The van der Waals surface area contributed by atoms with Crippen LogP contribution >= 0.6 is 11.6 Å². The van der Waals surface area contributed by atoms with E-state index in [0.29, 0.717) is 30.1 Å². The molecule has 1 aliphatic heterocycles. The second-order valence-electron chi connectivity index (χ2n) is 8.86. The summed E-state index contributed by atoms with van der Waals surface area (Å²) in [5.41, 5.74) is 13.0. The molecule has 2 amide bonds. The van der Waals surface area contributed by atoms with Crippen LogP contribution in [0.2, 0.25) is 5.02 Å². The average molecular weight is 620 g/mol. The summed E-state index contributed by atoms with van der Waals surface area (Å²) >= 11 is 6.47. The molecule has 0 aliphatic carbocycles. The zero-order chi connectivity index (χ0) is 30.3. The van der Waals surface area contributed by atoms with Gasteiger partial charge in [0.25, 0.3) is 10.1 Å². The number of nitrogens with one attached hydrogen (secondary N) is 2. The van der Waals surface area contributed by atoms with Crippen LogP contribution in [0.15, 0.2) is 57.3 Å². The van der Waals surface area contributed by atoms with Gasteiger partial charge in [-0.25, -0.2) is 9.79 Å². The number of carbonyl (C=O) groups excluding carboxylic acids is 1. The number of urea groups is 1. The Labute approximate surface area is 237 Å². The van der Waals surface area contributed by atoms with Gasteiger partial charge in [-0.1, -0.05) is 17.7 Å². The number of nitrogens with two attached hydrogens (primary N) is 2. The first-order valence-corrected chi connectivity index (χ1v) is 15.1. The van der Waals surface area contributed by atoms with Gasteiger partial charge in [0.1, 0.15) is 5.66 Å². The van der Waals surface area contributed by atoms with Crippen molar-refractivity contribution >= 4 is 61.3 Å². The van der Waals surface area contributed by atoms with Gasteiger partial charge in [-0.05, 0) is 75.6 Å². The topological polar surface area (TPSA) is 210 Å². The van der Waals surface area contributed by atoms with Gasteiger partial charge in [-0.15, -0.1) is 3.89 Å². The number of anilines is 2. The minimum Gasteiger partial charge on any atom is -0.369 e. The number of amides is 2. The summed E-state index contributed by atoms with van der Waals surface area (Å²) in [6.07, 6.45) is 1.23. The quantitative estimate of drug-likeness (QED) is 0.167. The maximum atomic E-state index is 12.9. The van der Waals surface area contributed by atoms with Crippen LogP contribution in [0.3, 0.4) is 0 Å². The number of nitrogens with zero attached hydrogens (tertiary/aromatic N) is 3. The van der Waals surface area contributed by atoms with Crippen molar-refractivity contribution in [3.8, 4) is 0 Å². The largest absolute Gasteiger partial charge is 0.369 e. The van der Waals surface area contributed by atoms with Crippen molar-refractivity contribution in [3.05, 3.63) is 53.1 Å². The Bertz CT molecular complexity index is 1500. The number of hydrogen-bond acceptors (Lipinski definition) is 10. The van der Waals surface area contributed by atoms with Crippen molar-refractivity contribution < 1.29 is 30.1 Å². The minimum absolute atomic E-state index is 0.114. The maximum absolute atomic E-state index is 12.9. The van der Waals surface area contributed by atoms with E-state index in [-0.39, 0.29) is 17.7 Å². The lowest BCUT2D eigenvalue weighted by Crippen LogP contribution is -2.54. The monoisotopic (exact) mass is 619 g/mol. The molecule has 0 radical (unpaired) electrons. The molecule has 1 heterocycles. The van der Waals surface area contributed by atoms with E-state index in [1.807, 2.05) is 26.0 Å². The highest BCUT2D eigenvalue weighted by molar-refractivity contribution is 7.86. The van der Waals surface area contributed by atoms with Gasteiger partial charge >= 0.3 is 16.3 Å². The van der Waals surface area contributed by atoms with Crippen LogP contribution in [0.1, 0.15) is 32.8 Å². The number of hydrogen-bond donors (Lipinski definition) is 5. The fourth-order valence-electron chi connectivity index (χ4n) is 3.49. The molecule has 1 aliphatic rings. The fraction of sp³-hybridized carbons (Fsp3) is 0.348. The number of carbonyl (C=O) groups is 1.